The van der Waals surface area contributed by atoms with Crippen molar-refractivity contribution in [2.75, 3.05) is 39.5 Å². The van der Waals surface area contributed by atoms with Crippen LogP contribution < -0.4 is 4.74 Å². The molecule has 1 aromatic carbocycles. The van der Waals surface area contributed by atoms with Crippen molar-refractivity contribution in [1.82, 2.24) is 9.37 Å². The Morgan fingerprint density at radius 3 is 2.14 bits per heavy atom. The maximum absolute atomic E-state index is 12.0. The number of piperazine rings is 1. The van der Waals surface area contributed by atoms with Crippen LogP contribution in [0.25, 0.3) is 0 Å². The van der Waals surface area contributed by atoms with Crippen molar-refractivity contribution in [1.29, 1.82) is 0 Å². The molecule has 116 valence electrons. The van der Waals surface area contributed by atoms with Crippen molar-refractivity contribution in [3.8, 4) is 5.75 Å². The Morgan fingerprint density at radius 2 is 1.67 bits per heavy atom. The molecule has 0 atom stereocenters. The summed E-state index contributed by atoms with van der Waals surface area (Å²) in [5.41, 5.74) is 0.418. The van der Waals surface area contributed by atoms with Gasteiger partial charge in [0, 0.05) is 26.2 Å². The van der Waals surface area contributed by atoms with Crippen LogP contribution in [0.3, 0.4) is 0 Å². The molecule has 0 bridgehead atoms. The van der Waals surface area contributed by atoms with E-state index in [9.17, 15) is 13.2 Å². The molecule has 0 amide bonds. The van der Waals surface area contributed by atoms with Gasteiger partial charge in [0.05, 0.1) is 18.9 Å². The van der Waals surface area contributed by atoms with E-state index in [1.54, 1.807) is 31.4 Å². The van der Waals surface area contributed by atoms with Gasteiger partial charge in [0.2, 0.25) is 10.0 Å². The first-order chi connectivity index (χ1) is 9.90. The van der Waals surface area contributed by atoms with E-state index >= 15 is 0 Å². The Hall–Kier alpha value is -1.64. The third kappa shape index (κ3) is 4.16. The third-order valence-corrected chi connectivity index (χ3v) is 4.51. The lowest BCUT2D eigenvalue weighted by atomic mass is 10.2. The van der Waals surface area contributed by atoms with E-state index in [1.165, 1.54) is 15.6 Å². The van der Waals surface area contributed by atoms with Gasteiger partial charge in [-0.2, -0.15) is 4.31 Å². The van der Waals surface area contributed by atoms with E-state index in [1.807, 2.05) is 0 Å². The van der Waals surface area contributed by atoms with E-state index in [0.717, 1.165) is 0 Å². The standard InChI is InChI=1S/C13H18N2O5S/c1-19-12-5-3-11(4-6-12)13(16)20-14-7-9-15(10-8-14)21(2,17)18/h3-6H,7-10H2,1-2H3. The fraction of sp³-hybridized carbons (Fsp3) is 0.462. The molecular weight excluding hydrogens is 296 g/mol. The molecule has 7 nitrogen and oxygen atoms in total. The van der Waals surface area contributed by atoms with E-state index in [2.05, 4.69) is 0 Å². The number of carbonyl (C=O) groups is 1. The maximum atomic E-state index is 12.0. The average Bonchev–Trinajstić information content (AvgIpc) is 2.47. The van der Waals surface area contributed by atoms with E-state index in [4.69, 9.17) is 9.57 Å². The Labute approximate surface area is 124 Å². The van der Waals surface area contributed by atoms with Crippen LogP contribution in [0, 0.1) is 0 Å². The Balaban J connectivity index is 1.89. The van der Waals surface area contributed by atoms with Gasteiger partial charge in [-0.15, -0.1) is 5.06 Å². The van der Waals surface area contributed by atoms with E-state index in [-0.39, 0.29) is 0 Å². The Bertz CT molecular complexity index is 591. The number of hydroxylamine groups is 2. The molecule has 1 saturated heterocycles. The third-order valence-electron chi connectivity index (χ3n) is 3.20. The first-order valence-electron chi connectivity index (χ1n) is 6.46. The molecule has 1 aliphatic heterocycles. The topological polar surface area (TPSA) is 76.2 Å². The number of sulfonamides is 1. The van der Waals surface area contributed by atoms with Crippen LogP contribution >= 0.6 is 0 Å². The molecule has 0 aromatic heterocycles. The van der Waals surface area contributed by atoms with Gasteiger partial charge >= 0.3 is 5.97 Å². The molecule has 1 aliphatic rings. The number of ether oxygens (including phenoxy) is 1. The molecule has 8 heteroatoms. The summed E-state index contributed by atoms with van der Waals surface area (Å²) in [5.74, 6) is 0.193. The van der Waals surface area contributed by atoms with Crippen LogP contribution in [-0.4, -0.2) is 63.3 Å². The fourth-order valence-corrected chi connectivity index (χ4v) is 2.82. The summed E-state index contributed by atoms with van der Waals surface area (Å²) in [6, 6.07) is 6.60. The molecule has 1 aromatic rings. The predicted molar refractivity (Wildman–Crippen MR) is 76.4 cm³/mol. The minimum Gasteiger partial charge on any atom is -0.497 e. The van der Waals surface area contributed by atoms with Crippen LogP contribution in [0.5, 0.6) is 5.75 Å². The number of carbonyl (C=O) groups excluding carboxylic acids is 1. The average molecular weight is 314 g/mol. The second-order valence-electron chi connectivity index (χ2n) is 4.70. The minimum absolute atomic E-state index is 0.314. The van der Waals surface area contributed by atoms with Crippen LogP contribution in [0.1, 0.15) is 10.4 Å². The van der Waals surface area contributed by atoms with E-state index < -0.39 is 16.0 Å². The van der Waals surface area contributed by atoms with Gasteiger partial charge in [-0.3, -0.25) is 0 Å². The second kappa shape index (κ2) is 6.42. The van der Waals surface area contributed by atoms with Crippen molar-refractivity contribution in [3.05, 3.63) is 29.8 Å². The highest BCUT2D eigenvalue weighted by atomic mass is 32.2. The highest BCUT2D eigenvalue weighted by molar-refractivity contribution is 7.88. The monoisotopic (exact) mass is 314 g/mol. The molecule has 0 aliphatic carbocycles. The van der Waals surface area contributed by atoms with Crippen LogP contribution in [-0.2, 0) is 14.9 Å². The fourth-order valence-electron chi connectivity index (χ4n) is 1.99. The summed E-state index contributed by atoms with van der Waals surface area (Å²) < 4.78 is 29.2. The number of methoxy groups -OCH3 is 1. The molecule has 0 spiro atoms. The summed E-state index contributed by atoms with van der Waals surface area (Å²) in [6.45, 7) is 1.34. The normalized spacial score (nSPS) is 17.4. The first-order valence-corrected chi connectivity index (χ1v) is 8.31. The second-order valence-corrected chi connectivity index (χ2v) is 6.68. The quantitative estimate of drug-likeness (QED) is 0.798. The van der Waals surface area contributed by atoms with Gasteiger partial charge in [-0.25, -0.2) is 13.2 Å². The number of nitrogens with zero attached hydrogens (tertiary/aromatic N) is 2. The SMILES string of the molecule is COc1ccc(C(=O)ON2CCN(S(C)(=O)=O)CC2)cc1. The Kier molecular flexibility index (Phi) is 4.81. The van der Waals surface area contributed by atoms with Gasteiger partial charge in [-0.1, -0.05) is 0 Å². The molecule has 21 heavy (non-hydrogen) atoms. The predicted octanol–water partition coefficient (Wildman–Crippen LogP) is 0.344. The van der Waals surface area contributed by atoms with Crippen LogP contribution in [0.2, 0.25) is 0 Å². The minimum atomic E-state index is -3.19. The number of rotatable bonds is 4. The maximum Gasteiger partial charge on any atom is 0.357 e. The molecule has 1 fully saturated rings. The zero-order chi connectivity index (χ0) is 15.5. The lowest BCUT2D eigenvalue weighted by molar-refractivity contribution is -0.122. The Morgan fingerprint density at radius 1 is 1.10 bits per heavy atom. The molecule has 0 unspecified atom stereocenters. The van der Waals surface area contributed by atoms with Gasteiger partial charge in [0.1, 0.15) is 5.75 Å². The van der Waals surface area contributed by atoms with Crippen LogP contribution in [0.4, 0.5) is 0 Å². The highest BCUT2D eigenvalue weighted by Gasteiger charge is 2.25. The summed E-state index contributed by atoms with van der Waals surface area (Å²) >= 11 is 0. The van der Waals surface area contributed by atoms with Gasteiger partial charge in [0.25, 0.3) is 0 Å². The van der Waals surface area contributed by atoms with Gasteiger partial charge < -0.3 is 9.57 Å². The highest BCUT2D eigenvalue weighted by Crippen LogP contribution is 2.13. The summed E-state index contributed by atoms with van der Waals surface area (Å²) in [6.07, 6.45) is 1.17. The molecule has 1 heterocycles. The largest absolute Gasteiger partial charge is 0.497 e. The van der Waals surface area contributed by atoms with Gasteiger partial charge in [-0.05, 0) is 24.3 Å². The summed E-state index contributed by atoms with van der Waals surface area (Å²) in [5, 5.41) is 1.48. The lowest BCUT2D eigenvalue weighted by Gasteiger charge is -2.31. The van der Waals surface area contributed by atoms with Crippen LogP contribution in [0.15, 0.2) is 24.3 Å². The van der Waals surface area contributed by atoms with Crippen molar-refractivity contribution < 1.29 is 22.8 Å². The summed E-state index contributed by atoms with van der Waals surface area (Å²) in [4.78, 5) is 17.2. The zero-order valence-electron chi connectivity index (χ0n) is 12.0. The van der Waals surface area contributed by atoms with Crippen molar-refractivity contribution in [3.63, 3.8) is 0 Å². The summed E-state index contributed by atoms with van der Waals surface area (Å²) in [7, 11) is -1.64. The van der Waals surface area contributed by atoms with Crippen molar-refractivity contribution >= 4 is 16.0 Å². The number of benzene rings is 1. The molecule has 0 N–H and O–H groups in total. The zero-order valence-corrected chi connectivity index (χ0v) is 12.8. The number of hydrogen-bond acceptors (Lipinski definition) is 6. The molecule has 0 radical (unpaired) electrons. The van der Waals surface area contributed by atoms with Gasteiger partial charge in [0.15, 0.2) is 0 Å². The smallest absolute Gasteiger partial charge is 0.357 e. The first kappa shape index (κ1) is 15.7. The molecule has 0 saturated carbocycles. The lowest BCUT2D eigenvalue weighted by Crippen LogP contribution is -2.48. The van der Waals surface area contributed by atoms with Crippen molar-refractivity contribution in [2.45, 2.75) is 0 Å². The molecule has 2 rings (SSSR count). The number of hydrogen-bond donors (Lipinski definition) is 0. The van der Waals surface area contributed by atoms with Crippen molar-refractivity contribution in [2.24, 2.45) is 0 Å². The molecular formula is C13H18N2O5S. The van der Waals surface area contributed by atoms with E-state index in [0.29, 0.717) is 37.5 Å².